The number of fused-ring (bicyclic) bond motifs is 2. The Morgan fingerprint density at radius 1 is 0.861 bits per heavy atom. The van der Waals surface area contributed by atoms with E-state index in [4.69, 9.17) is 18.6 Å². The van der Waals surface area contributed by atoms with Gasteiger partial charge in [0.2, 0.25) is 16.7 Å². The number of phenolic OH excluding ortho intramolecular Hbond substituents is 1. The minimum atomic E-state index is -0.190. The molecule has 8 nitrogen and oxygen atoms in total. The molecule has 0 aliphatic carbocycles. The zero-order valence-corrected chi connectivity index (χ0v) is 20.2. The predicted molar refractivity (Wildman–Crippen MR) is 139 cm³/mol. The lowest BCUT2D eigenvalue weighted by Crippen LogP contribution is -2.05. The standard InChI is InChI=1S/C17H14O5.C11H11NO2/c1-20-11-5-3-10(4-6-11)13-9-22-16-12(15(13)19)7-8-14(18)17(16)21-2;1-7-6-10(13)12-11-8(7)4-3-5-9(11)14-2/h3-9,18H,1-2H3;3-6H,1-2H3,(H,12,13). The number of benzene rings is 3. The zero-order valence-electron chi connectivity index (χ0n) is 20.2. The van der Waals surface area contributed by atoms with Crippen LogP contribution < -0.4 is 25.2 Å². The Morgan fingerprint density at radius 3 is 2.28 bits per heavy atom. The number of rotatable bonds is 4. The van der Waals surface area contributed by atoms with E-state index in [2.05, 4.69) is 4.98 Å². The minimum absolute atomic E-state index is 0.0738. The summed E-state index contributed by atoms with van der Waals surface area (Å²) in [6.07, 6.45) is 1.37. The predicted octanol–water partition coefficient (Wildman–Crippen LogP) is 5.03. The van der Waals surface area contributed by atoms with Crippen LogP contribution in [-0.4, -0.2) is 31.4 Å². The largest absolute Gasteiger partial charge is 0.504 e. The molecular formula is C28H25NO7. The first-order valence-corrected chi connectivity index (χ1v) is 11.0. The van der Waals surface area contributed by atoms with Crippen LogP contribution in [0.3, 0.4) is 0 Å². The van der Waals surface area contributed by atoms with E-state index in [-0.39, 0.29) is 28.1 Å². The van der Waals surface area contributed by atoms with Gasteiger partial charge in [-0.3, -0.25) is 9.59 Å². The summed E-state index contributed by atoms with van der Waals surface area (Å²) in [6.45, 7) is 1.91. The number of aryl methyl sites for hydroxylation is 1. The Morgan fingerprint density at radius 2 is 1.61 bits per heavy atom. The van der Waals surface area contributed by atoms with Gasteiger partial charge in [0.25, 0.3) is 0 Å². The molecule has 5 rings (SSSR count). The lowest BCUT2D eigenvalue weighted by molar-refractivity contribution is 0.370. The zero-order chi connectivity index (χ0) is 25.8. The van der Waals surface area contributed by atoms with Gasteiger partial charge in [-0.2, -0.15) is 0 Å². The fourth-order valence-corrected chi connectivity index (χ4v) is 3.92. The van der Waals surface area contributed by atoms with Gasteiger partial charge in [0, 0.05) is 11.5 Å². The van der Waals surface area contributed by atoms with Crippen LogP contribution in [0.1, 0.15) is 5.56 Å². The van der Waals surface area contributed by atoms with Gasteiger partial charge in [0.15, 0.2) is 11.3 Å². The molecule has 5 aromatic rings. The van der Waals surface area contributed by atoms with Gasteiger partial charge in [-0.05, 0) is 48.4 Å². The second-order valence-corrected chi connectivity index (χ2v) is 7.90. The Hall–Kier alpha value is -4.72. The summed E-state index contributed by atoms with van der Waals surface area (Å²) >= 11 is 0. The van der Waals surface area contributed by atoms with Crippen LogP contribution in [0.4, 0.5) is 0 Å². The number of hydrogen-bond acceptors (Lipinski definition) is 7. The quantitative estimate of drug-likeness (QED) is 0.366. The molecule has 8 heteroatoms. The molecule has 0 aliphatic heterocycles. The number of phenols is 1. The Bertz CT molecular complexity index is 1650. The molecule has 2 aromatic heterocycles. The van der Waals surface area contributed by atoms with E-state index in [9.17, 15) is 14.7 Å². The summed E-state index contributed by atoms with van der Waals surface area (Å²) in [5.41, 5.74) is 2.82. The molecule has 0 fully saturated rings. The molecule has 0 amide bonds. The number of aromatic amines is 1. The molecule has 0 saturated carbocycles. The highest BCUT2D eigenvalue weighted by molar-refractivity contribution is 5.88. The average Bonchev–Trinajstić information content (AvgIpc) is 2.89. The molecule has 0 radical (unpaired) electrons. The van der Waals surface area contributed by atoms with Crippen molar-refractivity contribution in [3.05, 3.63) is 93.1 Å². The monoisotopic (exact) mass is 487 g/mol. The highest BCUT2D eigenvalue weighted by Crippen LogP contribution is 2.34. The summed E-state index contributed by atoms with van der Waals surface area (Å²) in [6, 6.07) is 17.3. The lowest BCUT2D eigenvalue weighted by atomic mass is 10.1. The molecular weight excluding hydrogens is 462 g/mol. The van der Waals surface area contributed by atoms with E-state index in [0.29, 0.717) is 22.4 Å². The number of para-hydroxylation sites is 1. The van der Waals surface area contributed by atoms with Crippen LogP contribution in [0.2, 0.25) is 0 Å². The van der Waals surface area contributed by atoms with E-state index >= 15 is 0 Å². The Kier molecular flexibility index (Phi) is 6.96. The molecule has 184 valence electrons. The van der Waals surface area contributed by atoms with Crippen LogP contribution in [0, 0.1) is 6.92 Å². The summed E-state index contributed by atoms with van der Waals surface area (Å²) in [5, 5.41) is 11.1. The van der Waals surface area contributed by atoms with Gasteiger partial charge in [-0.1, -0.05) is 24.3 Å². The van der Waals surface area contributed by atoms with E-state index in [1.54, 1.807) is 44.6 Å². The fourth-order valence-electron chi connectivity index (χ4n) is 3.92. The summed E-state index contributed by atoms with van der Waals surface area (Å²) in [7, 11) is 4.58. The second-order valence-electron chi connectivity index (χ2n) is 7.90. The first kappa shape index (κ1) is 24.4. The topological polar surface area (TPSA) is 111 Å². The number of H-pyrrole nitrogens is 1. The average molecular weight is 488 g/mol. The highest BCUT2D eigenvalue weighted by atomic mass is 16.5. The lowest BCUT2D eigenvalue weighted by Gasteiger charge is -2.08. The van der Waals surface area contributed by atoms with Gasteiger partial charge in [-0.25, -0.2) is 0 Å². The van der Waals surface area contributed by atoms with Gasteiger partial charge in [0.1, 0.15) is 17.8 Å². The van der Waals surface area contributed by atoms with Gasteiger partial charge >= 0.3 is 0 Å². The molecule has 3 aromatic carbocycles. The van der Waals surface area contributed by atoms with E-state index in [0.717, 1.165) is 22.0 Å². The number of hydrogen-bond donors (Lipinski definition) is 2. The molecule has 0 saturated heterocycles. The molecule has 2 heterocycles. The molecule has 0 spiro atoms. The number of aromatic nitrogens is 1. The summed E-state index contributed by atoms with van der Waals surface area (Å²) in [4.78, 5) is 26.7. The van der Waals surface area contributed by atoms with Crippen molar-refractivity contribution in [3.63, 3.8) is 0 Å². The third-order valence-electron chi connectivity index (χ3n) is 5.75. The summed E-state index contributed by atoms with van der Waals surface area (Å²) in [5.74, 6) is 1.48. The smallest absolute Gasteiger partial charge is 0.248 e. The van der Waals surface area contributed by atoms with Crippen molar-refractivity contribution in [2.24, 2.45) is 0 Å². The molecule has 0 atom stereocenters. The Labute approximate surface area is 206 Å². The maximum Gasteiger partial charge on any atom is 0.248 e. The maximum atomic E-state index is 12.6. The molecule has 0 bridgehead atoms. The maximum absolute atomic E-state index is 12.6. The van der Waals surface area contributed by atoms with Crippen LogP contribution in [0.25, 0.3) is 33.0 Å². The summed E-state index contributed by atoms with van der Waals surface area (Å²) < 4.78 is 20.9. The third-order valence-corrected chi connectivity index (χ3v) is 5.75. The van der Waals surface area contributed by atoms with Crippen molar-refractivity contribution in [1.82, 2.24) is 4.98 Å². The normalized spacial score (nSPS) is 10.6. The van der Waals surface area contributed by atoms with E-state index in [1.807, 2.05) is 25.1 Å². The number of pyridine rings is 1. The minimum Gasteiger partial charge on any atom is -0.504 e. The van der Waals surface area contributed by atoms with Crippen molar-refractivity contribution < 1.29 is 23.7 Å². The van der Waals surface area contributed by atoms with Crippen LogP contribution in [-0.2, 0) is 0 Å². The first-order chi connectivity index (χ1) is 17.4. The van der Waals surface area contributed by atoms with Crippen molar-refractivity contribution in [1.29, 1.82) is 0 Å². The fraction of sp³-hybridized carbons (Fsp3) is 0.143. The van der Waals surface area contributed by atoms with Crippen molar-refractivity contribution in [3.8, 4) is 34.1 Å². The SMILES string of the molecule is COc1ccc(-c2coc3c(OC)c(O)ccc3c2=O)cc1.COc1cccc2c(C)cc(=O)[nH]c12. The van der Waals surface area contributed by atoms with Gasteiger partial charge in [-0.15, -0.1) is 0 Å². The first-order valence-electron chi connectivity index (χ1n) is 11.0. The van der Waals surface area contributed by atoms with Gasteiger partial charge in [0.05, 0.1) is 37.8 Å². The van der Waals surface area contributed by atoms with E-state index < -0.39 is 0 Å². The molecule has 2 N–H and O–H groups in total. The van der Waals surface area contributed by atoms with Crippen LogP contribution >= 0.6 is 0 Å². The van der Waals surface area contributed by atoms with Crippen molar-refractivity contribution in [2.75, 3.05) is 21.3 Å². The number of aromatic hydroxyl groups is 1. The molecule has 36 heavy (non-hydrogen) atoms. The number of ether oxygens (including phenoxy) is 3. The highest BCUT2D eigenvalue weighted by Gasteiger charge is 2.15. The number of methoxy groups -OCH3 is 3. The van der Waals surface area contributed by atoms with Crippen LogP contribution in [0.15, 0.2) is 80.9 Å². The van der Waals surface area contributed by atoms with E-state index in [1.165, 1.54) is 25.5 Å². The number of nitrogens with one attached hydrogen (secondary N) is 1. The van der Waals surface area contributed by atoms with Crippen LogP contribution in [0.5, 0.6) is 23.0 Å². The second kappa shape index (κ2) is 10.3. The van der Waals surface area contributed by atoms with Crippen molar-refractivity contribution >= 4 is 21.9 Å². The Balaban J connectivity index is 0.000000187. The van der Waals surface area contributed by atoms with Gasteiger partial charge < -0.3 is 28.7 Å². The molecule has 0 aliphatic rings. The third kappa shape index (κ3) is 4.61. The molecule has 0 unspecified atom stereocenters. The van der Waals surface area contributed by atoms with Crippen molar-refractivity contribution in [2.45, 2.75) is 6.92 Å².